The lowest BCUT2D eigenvalue weighted by Crippen LogP contribution is -2.55. The molecule has 0 aromatic heterocycles. The number of carbonyl (C=O) groups is 3. The highest BCUT2D eigenvalue weighted by molar-refractivity contribution is 7.86. The van der Waals surface area contributed by atoms with Gasteiger partial charge in [-0.25, -0.2) is 4.79 Å². The van der Waals surface area contributed by atoms with E-state index in [1.807, 2.05) is 38.1 Å². The van der Waals surface area contributed by atoms with Crippen molar-refractivity contribution in [1.29, 1.82) is 0 Å². The van der Waals surface area contributed by atoms with Gasteiger partial charge in [0.2, 0.25) is 17.3 Å². The molecular formula is C25H37N3O9S. The van der Waals surface area contributed by atoms with Crippen molar-refractivity contribution in [2.75, 3.05) is 13.7 Å². The zero-order valence-electron chi connectivity index (χ0n) is 21.8. The molecule has 4 atom stereocenters. The number of hydrogen-bond acceptors (Lipinski definition) is 8. The molecule has 1 aliphatic heterocycles. The maximum Gasteiger partial charge on any atom is 0.408 e. The van der Waals surface area contributed by atoms with E-state index in [0.29, 0.717) is 38.0 Å². The lowest BCUT2D eigenvalue weighted by Gasteiger charge is -2.28. The van der Waals surface area contributed by atoms with Crippen molar-refractivity contribution in [1.82, 2.24) is 16.0 Å². The quantitative estimate of drug-likeness (QED) is 0.223. The molecule has 212 valence electrons. The minimum absolute atomic E-state index is 0.0386. The zero-order valence-corrected chi connectivity index (χ0v) is 22.6. The molecule has 0 bridgehead atoms. The Morgan fingerprint density at radius 2 is 1.95 bits per heavy atom. The lowest BCUT2D eigenvalue weighted by molar-refractivity contribution is -0.126. The monoisotopic (exact) mass is 555 g/mol. The molecule has 1 aromatic rings. The number of nitrogens with one attached hydrogen (secondary N) is 3. The molecule has 0 spiro atoms. The predicted octanol–water partition coefficient (Wildman–Crippen LogP) is 1.13. The molecule has 3 rings (SSSR count). The van der Waals surface area contributed by atoms with Crippen LogP contribution in [0.15, 0.2) is 24.3 Å². The van der Waals surface area contributed by atoms with Crippen molar-refractivity contribution in [3.05, 3.63) is 29.8 Å². The van der Waals surface area contributed by atoms with Crippen LogP contribution in [-0.4, -0.2) is 72.8 Å². The van der Waals surface area contributed by atoms with Gasteiger partial charge in [0.25, 0.3) is 10.1 Å². The summed E-state index contributed by atoms with van der Waals surface area (Å²) in [5, 5.41) is 17.8. The van der Waals surface area contributed by atoms with Crippen molar-refractivity contribution in [3.8, 4) is 5.75 Å². The minimum atomic E-state index is -4.94. The average molecular weight is 556 g/mol. The van der Waals surface area contributed by atoms with E-state index in [1.165, 1.54) is 0 Å². The summed E-state index contributed by atoms with van der Waals surface area (Å²) < 4.78 is 43.6. The molecule has 1 aliphatic carbocycles. The number of aliphatic hydroxyl groups excluding tert-OH is 1. The predicted molar refractivity (Wildman–Crippen MR) is 137 cm³/mol. The van der Waals surface area contributed by atoms with Gasteiger partial charge in [-0.3, -0.25) is 14.1 Å². The van der Waals surface area contributed by atoms with Crippen molar-refractivity contribution in [2.45, 2.75) is 75.5 Å². The molecule has 3 amide bonds. The molecule has 13 heteroatoms. The average Bonchev–Trinajstić information content (AvgIpc) is 3.46. The first-order chi connectivity index (χ1) is 17.8. The van der Waals surface area contributed by atoms with Crippen LogP contribution < -0.4 is 20.7 Å². The van der Waals surface area contributed by atoms with E-state index >= 15 is 0 Å². The van der Waals surface area contributed by atoms with Gasteiger partial charge >= 0.3 is 6.09 Å². The maximum atomic E-state index is 13.2. The van der Waals surface area contributed by atoms with Gasteiger partial charge in [-0.15, -0.1) is 0 Å². The molecule has 2 aliphatic rings. The van der Waals surface area contributed by atoms with E-state index in [-0.39, 0.29) is 24.7 Å². The van der Waals surface area contributed by atoms with E-state index in [1.54, 1.807) is 7.11 Å². The number of rotatable bonds is 13. The third-order valence-corrected chi connectivity index (χ3v) is 7.71. The number of carbonyl (C=O) groups excluding carboxylic acids is 3. The summed E-state index contributed by atoms with van der Waals surface area (Å²) in [5.41, 5.74) is -2.11. The summed E-state index contributed by atoms with van der Waals surface area (Å²) in [5.74, 6) is -1.10. The molecule has 0 radical (unpaired) electrons. The molecule has 3 unspecified atom stereocenters. The third kappa shape index (κ3) is 8.30. The third-order valence-electron chi connectivity index (χ3n) is 6.77. The molecule has 1 heterocycles. The summed E-state index contributed by atoms with van der Waals surface area (Å²) in [7, 11) is -3.37. The Labute approximate surface area is 222 Å². The molecule has 5 N–H and O–H groups in total. The molecule has 12 nitrogen and oxygen atoms in total. The van der Waals surface area contributed by atoms with Crippen LogP contribution in [0.4, 0.5) is 4.79 Å². The first kappa shape index (κ1) is 29.7. The molecule has 1 saturated heterocycles. The SMILES string of the molecule is COc1cccc(CC2(OC(=O)NC(CC(C)C)C(=O)N[C@@H](CC3CCNC3=O)C(O)S(=O)(=O)O)CC2)c1. The fourth-order valence-corrected chi connectivity index (χ4v) is 5.19. The Bertz CT molecular complexity index is 1120. The number of amides is 3. The molecule has 1 aromatic carbocycles. The lowest BCUT2D eigenvalue weighted by atomic mass is 9.97. The van der Waals surface area contributed by atoms with E-state index < -0.39 is 51.2 Å². The molecule has 1 saturated carbocycles. The van der Waals surface area contributed by atoms with Crippen LogP contribution in [0.5, 0.6) is 5.75 Å². The van der Waals surface area contributed by atoms with Gasteiger partial charge in [-0.1, -0.05) is 26.0 Å². The van der Waals surface area contributed by atoms with Crippen LogP contribution in [0.3, 0.4) is 0 Å². The summed E-state index contributed by atoms with van der Waals surface area (Å²) in [6, 6.07) is 4.85. The van der Waals surface area contributed by atoms with E-state index in [2.05, 4.69) is 16.0 Å². The zero-order chi connectivity index (χ0) is 28.1. The fourth-order valence-electron chi connectivity index (χ4n) is 4.59. The number of hydrogen-bond donors (Lipinski definition) is 5. The number of aliphatic hydroxyl groups is 1. The van der Waals surface area contributed by atoms with Gasteiger partial charge < -0.3 is 30.5 Å². The highest BCUT2D eigenvalue weighted by atomic mass is 32.2. The topological polar surface area (TPSA) is 180 Å². The Morgan fingerprint density at radius 3 is 2.50 bits per heavy atom. The standard InChI is InChI=1S/C25H37N3O9S/c1-15(2)11-19(22(30)27-20(23(31)38(33,34)35)13-17-7-10-26-21(17)29)28-24(32)37-25(8-9-25)14-16-5-4-6-18(12-16)36-3/h4-6,12,15,17,19-20,23,31H,7-11,13-14H2,1-3H3,(H,26,29)(H,27,30)(H,28,32)(H,33,34,35)/t17?,19?,20-,23?/m0/s1. The van der Waals surface area contributed by atoms with Gasteiger partial charge in [0.15, 0.2) is 0 Å². The molecule has 2 fully saturated rings. The summed E-state index contributed by atoms with van der Waals surface area (Å²) in [6.07, 6.45) is 1.37. The fraction of sp³-hybridized carbons (Fsp3) is 0.640. The summed E-state index contributed by atoms with van der Waals surface area (Å²) >= 11 is 0. The largest absolute Gasteiger partial charge is 0.497 e. The van der Waals surface area contributed by atoms with Gasteiger partial charge in [0, 0.05) is 18.9 Å². The Hall–Kier alpha value is -2.90. The Morgan fingerprint density at radius 1 is 1.24 bits per heavy atom. The second-order valence-corrected chi connectivity index (χ2v) is 12.0. The van der Waals surface area contributed by atoms with Crippen molar-refractivity contribution in [2.24, 2.45) is 11.8 Å². The van der Waals surface area contributed by atoms with Crippen molar-refractivity contribution < 1.29 is 41.9 Å². The number of ether oxygens (including phenoxy) is 2. The maximum absolute atomic E-state index is 13.2. The highest BCUT2D eigenvalue weighted by Gasteiger charge is 2.47. The van der Waals surface area contributed by atoms with E-state index in [4.69, 9.17) is 9.47 Å². The van der Waals surface area contributed by atoms with Crippen molar-refractivity contribution >= 4 is 28.0 Å². The van der Waals surface area contributed by atoms with E-state index in [9.17, 15) is 32.5 Å². The van der Waals surface area contributed by atoms with Crippen LogP contribution in [0, 0.1) is 11.8 Å². The van der Waals surface area contributed by atoms with Crippen LogP contribution in [0.1, 0.15) is 51.5 Å². The van der Waals surface area contributed by atoms with Gasteiger partial charge in [-0.05, 0) is 55.7 Å². The highest BCUT2D eigenvalue weighted by Crippen LogP contribution is 2.43. The van der Waals surface area contributed by atoms with Crippen LogP contribution in [0.2, 0.25) is 0 Å². The van der Waals surface area contributed by atoms with Gasteiger partial charge in [0.1, 0.15) is 17.4 Å². The van der Waals surface area contributed by atoms with Gasteiger partial charge in [-0.2, -0.15) is 8.42 Å². The van der Waals surface area contributed by atoms with Gasteiger partial charge in [0.05, 0.1) is 13.2 Å². The minimum Gasteiger partial charge on any atom is -0.497 e. The first-order valence-electron chi connectivity index (χ1n) is 12.7. The number of benzene rings is 1. The Balaban J connectivity index is 1.67. The smallest absolute Gasteiger partial charge is 0.408 e. The van der Waals surface area contributed by atoms with Crippen LogP contribution in [0.25, 0.3) is 0 Å². The first-order valence-corrected chi connectivity index (χ1v) is 14.2. The molecular weight excluding hydrogens is 518 g/mol. The van der Waals surface area contributed by atoms with E-state index in [0.717, 1.165) is 5.56 Å². The normalized spacial score (nSPS) is 20.7. The van der Waals surface area contributed by atoms with Crippen molar-refractivity contribution in [3.63, 3.8) is 0 Å². The number of alkyl carbamates (subject to hydrolysis) is 1. The Kier molecular flexibility index (Phi) is 9.60. The summed E-state index contributed by atoms with van der Waals surface area (Å²) in [4.78, 5) is 38.0. The van der Waals surface area contributed by atoms with Crippen LogP contribution in [-0.2, 0) is 30.9 Å². The van der Waals surface area contributed by atoms with Crippen LogP contribution >= 0.6 is 0 Å². The molecule has 38 heavy (non-hydrogen) atoms. The summed E-state index contributed by atoms with van der Waals surface area (Å²) in [6.45, 7) is 4.06. The second-order valence-electron chi connectivity index (χ2n) is 10.5. The second kappa shape index (κ2) is 12.3. The number of methoxy groups -OCH3 is 1.